The Kier molecular flexibility index (Phi) is 7.32. The van der Waals surface area contributed by atoms with Gasteiger partial charge in [-0.25, -0.2) is 0 Å². The van der Waals surface area contributed by atoms with Crippen molar-refractivity contribution in [2.45, 2.75) is 25.7 Å². The molecule has 82 valence electrons. The van der Waals surface area contributed by atoms with Gasteiger partial charge in [-0.2, -0.15) is 8.42 Å². The van der Waals surface area contributed by atoms with E-state index in [1.807, 2.05) is 6.08 Å². The molecule has 0 aliphatic carbocycles. The Morgan fingerprint density at radius 2 is 2.00 bits per heavy atom. The van der Waals surface area contributed by atoms with E-state index in [1.165, 1.54) is 0 Å². The number of unbranched alkanes of at least 4 members (excludes halogenated alkanes) is 2. The average Bonchev–Trinajstić information content (AvgIpc) is 2.08. The molecule has 0 aliphatic rings. The van der Waals surface area contributed by atoms with Crippen LogP contribution in [0.3, 0.4) is 0 Å². The van der Waals surface area contributed by atoms with Gasteiger partial charge in [0.1, 0.15) is 0 Å². The monoisotopic (exact) mass is 219 g/mol. The van der Waals surface area contributed by atoms with Crippen LogP contribution in [-0.4, -0.2) is 31.5 Å². The van der Waals surface area contributed by atoms with Gasteiger partial charge in [-0.3, -0.25) is 9.55 Å². The molecule has 0 aromatic heterocycles. The molecule has 0 spiro atoms. The maximum absolute atomic E-state index is 10.3. The van der Waals surface area contributed by atoms with E-state index >= 15 is 0 Å². The van der Waals surface area contributed by atoms with Gasteiger partial charge >= 0.3 is 0 Å². The van der Waals surface area contributed by atoms with Crippen LogP contribution in [0.15, 0.2) is 17.6 Å². The molecular weight excluding hydrogens is 202 g/mol. The number of nitrogens with zero attached hydrogens (tertiary/aromatic N) is 1. The number of aliphatic imine (C=N–C) groups is 1. The highest BCUT2D eigenvalue weighted by Crippen LogP contribution is 1.93. The van der Waals surface area contributed by atoms with Crippen molar-refractivity contribution in [2.75, 3.05) is 12.3 Å². The van der Waals surface area contributed by atoms with E-state index < -0.39 is 10.1 Å². The third-order valence-corrected chi connectivity index (χ3v) is 2.36. The summed E-state index contributed by atoms with van der Waals surface area (Å²) in [4.78, 5) is 4.01. The zero-order valence-electron chi connectivity index (χ0n) is 8.22. The maximum atomic E-state index is 10.3. The lowest BCUT2D eigenvalue weighted by Crippen LogP contribution is -2.04. The highest BCUT2D eigenvalue weighted by molar-refractivity contribution is 7.85. The van der Waals surface area contributed by atoms with Gasteiger partial charge in [-0.05, 0) is 31.9 Å². The molecule has 0 unspecified atom stereocenters. The molecule has 14 heavy (non-hydrogen) atoms. The Morgan fingerprint density at radius 3 is 2.57 bits per heavy atom. The van der Waals surface area contributed by atoms with E-state index in [2.05, 4.69) is 11.6 Å². The Hall–Kier alpha value is -0.680. The standard InChI is InChI=1S/C9H17NO3S/c1-2-3-4-5-7-10-8-6-9-14(11,12)13/h2,7H,1,3-6,8-9H2,(H,11,12,13)/b10-7+. The first kappa shape index (κ1) is 13.3. The smallest absolute Gasteiger partial charge is 0.264 e. The summed E-state index contributed by atoms with van der Waals surface area (Å²) < 4.78 is 29.0. The van der Waals surface area contributed by atoms with Crippen molar-refractivity contribution in [3.05, 3.63) is 12.7 Å². The average molecular weight is 219 g/mol. The molecule has 0 fully saturated rings. The lowest BCUT2D eigenvalue weighted by molar-refractivity contribution is 0.481. The highest BCUT2D eigenvalue weighted by Gasteiger charge is 2.01. The topological polar surface area (TPSA) is 66.7 Å². The fourth-order valence-electron chi connectivity index (χ4n) is 0.874. The van der Waals surface area contributed by atoms with Crippen LogP contribution in [0.1, 0.15) is 25.7 Å². The van der Waals surface area contributed by atoms with Crippen LogP contribution in [0, 0.1) is 0 Å². The number of hydrogen-bond acceptors (Lipinski definition) is 3. The minimum Gasteiger partial charge on any atom is -0.297 e. The predicted molar refractivity (Wildman–Crippen MR) is 58.4 cm³/mol. The van der Waals surface area contributed by atoms with Crippen LogP contribution in [0.4, 0.5) is 0 Å². The SMILES string of the molecule is C=CCCC/C=N/CCCS(=O)(=O)O. The van der Waals surface area contributed by atoms with Crippen LogP contribution in [0.5, 0.6) is 0 Å². The Morgan fingerprint density at radius 1 is 1.29 bits per heavy atom. The molecule has 0 radical (unpaired) electrons. The summed E-state index contributed by atoms with van der Waals surface area (Å²) in [5, 5.41) is 0. The van der Waals surface area contributed by atoms with Gasteiger partial charge in [0.15, 0.2) is 0 Å². The molecule has 0 bridgehead atoms. The molecule has 4 nitrogen and oxygen atoms in total. The third kappa shape index (κ3) is 11.3. The second-order valence-corrected chi connectivity index (χ2v) is 4.52. The summed E-state index contributed by atoms with van der Waals surface area (Å²) >= 11 is 0. The quantitative estimate of drug-likeness (QED) is 0.292. The summed E-state index contributed by atoms with van der Waals surface area (Å²) in [6, 6.07) is 0. The molecule has 0 aromatic rings. The predicted octanol–water partition coefficient (Wildman–Crippen LogP) is 1.69. The molecular formula is C9H17NO3S. The number of allylic oxidation sites excluding steroid dienone is 1. The van der Waals surface area contributed by atoms with E-state index in [1.54, 1.807) is 6.21 Å². The summed E-state index contributed by atoms with van der Waals surface area (Å²) in [5.74, 6) is -0.211. The minimum atomic E-state index is -3.81. The van der Waals surface area contributed by atoms with Gasteiger partial charge in [-0.1, -0.05) is 6.08 Å². The summed E-state index contributed by atoms with van der Waals surface area (Å²) in [7, 11) is -3.81. The van der Waals surface area contributed by atoms with Gasteiger partial charge in [0.25, 0.3) is 10.1 Å². The van der Waals surface area contributed by atoms with E-state index in [-0.39, 0.29) is 5.75 Å². The van der Waals surface area contributed by atoms with Crippen LogP contribution < -0.4 is 0 Å². The van der Waals surface area contributed by atoms with Crippen molar-refractivity contribution in [3.63, 3.8) is 0 Å². The molecule has 0 amide bonds. The minimum absolute atomic E-state index is 0.211. The van der Waals surface area contributed by atoms with E-state index in [9.17, 15) is 8.42 Å². The first-order valence-electron chi connectivity index (χ1n) is 4.60. The summed E-state index contributed by atoms with van der Waals surface area (Å²) in [6.07, 6.45) is 6.89. The van der Waals surface area contributed by atoms with Crippen molar-refractivity contribution >= 4 is 16.3 Å². The van der Waals surface area contributed by atoms with Crippen LogP contribution in [-0.2, 0) is 10.1 Å². The second-order valence-electron chi connectivity index (χ2n) is 2.95. The van der Waals surface area contributed by atoms with Crippen molar-refractivity contribution in [2.24, 2.45) is 4.99 Å². The molecule has 5 heteroatoms. The third-order valence-electron chi connectivity index (χ3n) is 1.56. The molecule has 0 heterocycles. The zero-order valence-corrected chi connectivity index (χ0v) is 9.04. The highest BCUT2D eigenvalue weighted by atomic mass is 32.2. The molecule has 0 atom stereocenters. The number of hydrogen-bond donors (Lipinski definition) is 1. The van der Waals surface area contributed by atoms with Gasteiger partial charge in [-0.15, -0.1) is 6.58 Å². The first-order chi connectivity index (χ1) is 6.56. The van der Waals surface area contributed by atoms with Crippen molar-refractivity contribution < 1.29 is 13.0 Å². The van der Waals surface area contributed by atoms with Crippen molar-refractivity contribution in [1.29, 1.82) is 0 Å². The van der Waals surface area contributed by atoms with E-state index in [0.717, 1.165) is 19.3 Å². The van der Waals surface area contributed by atoms with E-state index in [4.69, 9.17) is 4.55 Å². The Labute approximate surface area is 85.5 Å². The first-order valence-corrected chi connectivity index (χ1v) is 6.21. The van der Waals surface area contributed by atoms with Gasteiger partial charge < -0.3 is 0 Å². The summed E-state index contributed by atoms with van der Waals surface area (Å²) in [5.41, 5.74) is 0. The van der Waals surface area contributed by atoms with Gasteiger partial charge in [0, 0.05) is 6.54 Å². The lowest BCUT2D eigenvalue weighted by atomic mass is 10.2. The van der Waals surface area contributed by atoms with Crippen molar-refractivity contribution in [3.8, 4) is 0 Å². The van der Waals surface area contributed by atoms with Gasteiger partial charge in [0.05, 0.1) is 5.75 Å². The van der Waals surface area contributed by atoms with Gasteiger partial charge in [0.2, 0.25) is 0 Å². The maximum Gasteiger partial charge on any atom is 0.264 e. The molecule has 0 aromatic carbocycles. The van der Waals surface area contributed by atoms with E-state index in [0.29, 0.717) is 13.0 Å². The van der Waals surface area contributed by atoms with Crippen LogP contribution in [0.25, 0.3) is 0 Å². The largest absolute Gasteiger partial charge is 0.297 e. The normalized spacial score (nSPS) is 12.1. The molecule has 0 saturated heterocycles. The second kappa shape index (κ2) is 7.70. The van der Waals surface area contributed by atoms with Crippen LogP contribution >= 0.6 is 0 Å². The number of rotatable bonds is 8. The zero-order chi connectivity index (χ0) is 10.9. The lowest BCUT2D eigenvalue weighted by Gasteiger charge is -1.93. The molecule has 0 saturated carbocycles. The molecule has 0 rings (SSSR count). The fraction of sp³-hybridized carbons (Fsp3) is 0.667. The molecule has 1 N–H and O–H groups in total. The van der Waals surface area contributed by atoms with Crippen molar-refractivity contribution in [1.82, 2.24) is 0 Å². The Bertz CT molecular complexity index is 270. The summed E-state index contributed by atoms with van der Waals surface area (Å²) in [6.45, 7) is 4.05. The Balaban J connectivity index is 3.32. The fourth-order valence-corrected chi connectivity index (χ4v) is 1.37. The van der Waals surface area contributed by atoms with Crippen LogP contribution in [0.2, 0.25) is 0 Å². The molecule has 0 aliphatic heterocycles.